The molecule has 0 radical (unpaired) electrons. The Hall–Kier alpha value is -3.62. The Bertz CT molecular complexity index is 876. The molecule has 0 fully saturated rings. The molecule has 0 unspecified atom stereocenters. The average molecular weight is 389 g/mol. The monoisotopic (exact) mass is 389 g/mol. The number of carbonyl (C=O) groups excluding carboxylic acids is 2. The lowest BCUT2D eigenvalue weighted by Crippen LogP contribution is -2.10. The average Bonchev–Trinajstić information content (AvgIpc) is 2.71. The van der Waals surface area contributed by atoms with Gasteiger partial charge in [0.1, 0.15) is 12.2 Å². The zero-order valence-corrected chi connectivity index (χ0v) is 15.6. The molecular formula is C19H19NO8. The van der Waals surface area contributed by atoms with E-state index in [-0.39, 0.29) is 30.3 Å². The fourth-order valence-electron chi connectivity index (χ4n) is 2.37. The Labute approximate surface area is 160 Å². The highest BCUT2D eigenvalue weighted by atomic mass is 16.6. The molecule has 2 aromatic carbocycles. The van der Waals surface area contributed by atoms with Gasteiger partial charge in [0.25, 0.3) is 5.69 Å². The third kappa shape index (κ3) is 4.76. The second-order valence-corrected chi connectivity index (χ2v) is 5.47. The number of nitrogens with zero attached hydrogens (tertiary/aromatic N) is 1. The highest BCUT2D eigenvalue weighted by Gasteiger charge is 2.26. The summed E-state index contributed by atoms with van der Waals surface area (Å²) in [6, 6.07) is 8.58. The van der Waals surface area contributed by atoms with Crippen molar-refractivity contribution in [3.63, 3.8) is 0 Å². The van der Waals surface area contributed by atoms with Crippen LogP contribution in [0.15, 0.2) is 36.4 Å². The molecule has 9 nitrogen and oxygen atoms in total. The molecule has 0 aliphatic carbocycles. The van der Waals surface area contributed by atoms with Crippen LogP contribution >= 0.6 is 0 Å². The molecular weight excluding hydrogens is 370 g/mol. The summed E-state index contributed by atoms with van der Waals surface area (Å²) in [5.41, 5.74) is 0.249. The second kappa shape index (κ2) is 9.36. The molecule has 2 rings (SSSR count). The maximum atomic E-state index is 12.4. The molecule has 2 aromatic rings. The predicted octanol–water partition coefficient (Wildman–Crippen LogP) is 3.15. The van der Waals surface area contributed by atoms with Crippen LogP contribution < -0.4 is 9.47 Å². The van der Waals surface area contributed by atoms with Gasteiger partial charge in [-0.15, -0.1) is 0 Å². The van der Waals surface area contributed by atoms with E-state index in [1.165, 1.54) is 32.4 Å². The number of ether oxygens (including phenoxy) is 4. The number of rotatable bonds is 8. The van der Waals surface area contributed by atoms with E-state index in [1.807, 2.05) is 0 Å². The van der Waals surface area contributed by atoms with Crippen molar-refractivity contribution in [2.75, 3.05) is 20.8 Å². The van der Waals surface area contributed by atoms with Gasteiger partial charge in [0.05, 0.1) is 37.4 Å². The van der Waals surface area contributed by atoms with Crippen molar-refractivity contribution in [2.24, 2.45) is 0 Å². The van der Waals surface area contributed by atoms with Gasteiger partial charge in [-0.05, 0) is 24.6 Å². The Kier molecular flexibility index (Phi) is 6.91. The molecule has 148 valence electrons. The summed E-state index contributed by atoms with van der Waals surface area (Å²) in [4.78, 5) is 34.5. The Morgan fingerprint density at radius 1 is 1.04 bits per heavy atom. The first-order valence-electron chi connectivity index (χ1n) is 8.24. The van der Waals surface area contributed by atoms with E-state index in [1.54, 1.807) is 19.1 Å². The second-order valence-electron chi connectivity index (χ2n) is 5.47. The van der Waals surface area contributed by atoms with E-state index >= 15 is 0 Å². The van der Waals surface area contributed by atoms with Gasteiger partial charge in [-0.3, -0.25) is 10.1 Å². The minimum absolute atomic E-state index is 0.132. The number of hydrogen-bond acceptors (Lipinski definition) is 8. The molecule has 0 saturated carbocycles. The topological polar surface area (TPSA) is 114 Å². The van der Waals surface area contributed by atoms with E-state index in [0.29, 0.717) is 11.1 Å². The van der Waals surface area contributed by atoms with Crippen molar-refractivity contribution >= 4 is 17.6 Å². The van der Waals surface area contributed by atoms with Crippen LogP contribution in [0.4, 0.5) is 5.69 Å². The summed E-state index contributed by atoms with van der Waals surface area (Å²) in [6.45, 7) is 1.89. The smallest absolute Gasteiger partial charge is 0.345 e. The molecule has 9 heteroatoms. The first-order chi connectivity index (χ1) is 13.4. The first-order valence-corrected chi connectivity index (χ1v) is 8.24. The van der Waals surface area contributed by atoms with Gasteiger partial charge in [-0.25, -0.2) is 9.59 Å². The van der Waals surface area contributed by atoms with Crippen molar-refractivity contribution in [1.29, 1.82) is 0 Å². The van der Waals surface area contributed by atoms with Crippen molar-refractivity contribution in [3.8, 4) is 11.5 Å². The highest BCUT2D eigenvalue weighted by molar-refractivity contribution is 5.95. The summed E-state index contributed by atoms with van der Waals surface area (Å²) in [7, 11) is 2.62. The lowest BCUT2D eigenvalue weighted by molar-refractivity contribution is -0.385. The van der Waals surface area contributed by atoms with Crippen LogP contribution in [0.25, 0.3) is 0 Å². The number of benzene rings is 2. The Balaban J connectivity index is 2.21. The normalized spacial score (nSPS) is 10.1. The van der Waals surface area contributed by atoms with E-state index in [9.17, 15) is 19.7 Å². The molecule has 0 aliphatic rings. The van der Waals surface area contributed by atoms with Crippen molar-refractivity contribution < 1.29 is 33.5 Å². The standard InChI is InChI=1S/C19H19NO8/c1-4-27-17-9-14(15(20(23)24)10-16(17)25-2)19(22)28-11-12-5-7-13(8-6-12)18(21)26-3/h5-10H,4,11H2,1-3H3. The molecule has 28 heavy (non-hydrogen) atoms. The van der Waals surface area contributed by atoms with E-state index in [4.69, 9.17) is 14.2 Å². The molecule has 0 N–H and O–H groups in total. The van der Waals surface area contributed by atoms with E-state index in [2.05, 4.69) is 4.74 Å². The fourth-order valence-corrected chi connectivity index (χ4v) is 2.37. The molecule has 0 bridgehead atoms. The van der Waals surface area contributed by atoms with Gasteiger partial charge in [-0.1, -0.05) is 12.1 Å². The minimum atomic E-state index is -0.882. The van der Waals surface area contributed by atoms with Crippen molar-refractivity contribution in [2.45, 2.75) is 13.5 Å². The zero-order valence-electron chi connectivity index (χ0n) is 15.6. The molecule has 0 atom stereocenters. The van der Waals surface area contributed by atoms with Gasteiger partial charge in [-0.2, -0.15) is 0 Å². The SMILES string of the molecule is CCOc1cc(C(=O)OCc2ccc(C(=O)OC)cc2)c([N+](=O)[O-])cc1OC. The number of methoxy groups -OCH3 is 2. The van der Waals surface area contributed by atoms with Crippen molar-refractivity contribution in [3.05, 3.63) is 63.2 Å². The summed E-state index contributed by atoms with van der Waals surface area (Å²) >= 11 is 0. The number of nitro groups is 1. The van der Waals surface area contributed by atoms with Gasteiger partial charge in [0.15, 0.2) is 11.5 Å². The van der Waals surface area contributed by atoms with Gasteiger partial charge >= 0.3 is 11.9 Å². The van der Waals surface area contributed by atoms with Crippen LogP contribution in [-0.2, 0) is 16.1 Å². The Morgan fingerprint density at radius 3 is 2.25 bits per heavy atom. The Morgan fingerprint density at radius 2 is 1.71 bits per heavy atom. The molecule has 0 aromatic heterocycles. The fraction of sp³-hybridized carbons (Fsp3) is 0.263. The van der Waals surface area contributed by atoms with Crippen LogP contribution in [0, 0.1) is 10.1 Å². The maximum absolute atomic E-state index is 12.4. The van der Waals surface area contributed by atoms with Gasteiger partial charge in [0.2, 0.25) is 0 Å². The van der Waals surface area contributed by atoms with Crippen LogP contribution in [0.3, 0.4) is 0 Å². The van der Waals surface area contributed by atoms with Gasteiger partial charge < -0.3 is 18.9 Å². The molecule has 0 amide bonds. The predicted molar refractivity (Wildman–Crippen MR) is 97.7 cm³/mol. The third-order valence-electron chi connectivity index (χ3n) is 3.74. The lowest BCUT2D eigenvalue weighted by Gasteiger charge is -2.12. The largest absolute Gasteiger partial charge is 0.493 e. The van der Waals surface area contributed by atoms with Crippen LogP contribution in [0.2, 0.25) is 0 Å². The molecule has 0 saturated heterocycles. The molecule has 0 aliphatic heterocycles. The van der Waals surface area contributed by atoms with Crippen LogP contribution in [-0.4, -0.2) is 37.7 Å². The maximum Gasteiger partial charge on any atom is 0.345 e. The summed E-state index contributed by atoms with van der Waals surface area (Å²) in [6.07, 6.45) is 0. The number of esters is 2. The van der Waals surface area contributed by atoms with Crippen molar-refractivity contribution in [1.82, 2.24) is 0 Å². The number of carbonyl (C=O) groups is 2. The lowest BCUT2D eigenvalue weighted by atomic mass is 10.1. The van der Waals surface area contributed by atoms with Crippen LogP contribution in [0.5, 0.6) is 11.5 Å². The number of nitro benzene ring substituents is 1. The third-order valence-corrected chi connectivity index (χ3v) is 3.74. The number of hydrogen-bond donors (Lipinski definition) is 0. The quantitative estimate of drug-likeness (QED) is 0.384. The van der Waals surface area contributed by atoms with Crippen LogP contribution in [0.1, 0.15) is 33.2 Å². The summed E-state index contributed by atoms with van der Waals surface area (Å²) < 4.78 is 20.2. The van der Waals surface area contributed by atoms with E-state index in [0.717, 1.165) is 6.07 Å². The highest BCUT2D eigenvalue weighted by Crippen LogP contribution is 2.35. The van der Waals surface area contributed by atoms with E-state index < -0.39 is 22.5 Å². The molecule has 0 heterocycles. The minimum Gasteiger partial charge on any atom is -0.493 e. The van der Waals surface area contributed by atoms with Gasteiger partial charge in [0, 0.05) is 6.07 Å². The molecule has 0 spiro atoms. The first kappa shape index (κ1) is 20.7. The summed E-state index contributed by atoms with van der Waals surface area (Å²) in [5, 5.41) is 11.3. The summed E-state index contributed by atoms with van der Waals surface area (Å²) in [5.74, 6) is -1.03. The zero-order chi connectivity index (χ0) is 20.7.